The summed E-state index contributed by atoms with van der Waals surface area (Å²) in [6, 6.07) is 2.20. The lowest BCUT2D eigenvalue weighted by Crippen LogP contribution is -2.47. The fourth-order valence-electron chi connectivity index (χ4n) is 2.80. The summed E-state index contributed by atoms with van der Waals surface area (Å²) in [5.74, 6) is 1.41. The highest BCUT2D eigenvalue weighted by Gasteiger charge is 2.20. The molecular formula is C16H26N6O. The molecular weight excluding hydrogens is 292 g/mol. The number of hydrogen-bond acceptors (Lipinski definition) is 4. The minimum Gasteiger partial charge on any atom is -0.335 e. The lowest BCUT2D eigenvalue weighted by Gasteiger charge is -2.30. The summed E-state index contributed by atoms with van der Waals surface area (Å²) in [4.78, 5) is 18.4. The lowest BCUT2D eigenvalue weighted by molar-refractivity contribution is 0.205. The number of nitrogens with zero attached hydrogens (tertiary/aromatic N) is 4. The van der Waals surface area contributed by atoms with Gasteiger partial charge in [-0.1, -0.05) is 13.8 Å². The minimum atomic E-state index is -0.150. The molecule has 0 aliphatic carbocycles. The molecule has 0 spiro atoms. The van der Waals surface area contributed by atoms with Crippen molar-refractivity contribution in [3.05, 3.63) is 18.2 Å². The molecule has 0 unspecified atom stereocenters. The minimum absolute atomic E-state index is 0.150. The number of imidazole rings is 1. The second-order valence-corrected chi connectivity index (χ2v) is 6.43. The molecule has 2 heterocycles. The Kier molecular flexibility index (Phi) is 6.41. The van der Waals surface area contributed by atoms with Crippen molar-refractivity contribution in [3.8, 4) is 6.07 Å². The largest absolute Gasteiger partial charge is 0.335 e. The summed E-state index contributed by atoms with van der Waals surface area (Å²) in [6.07, 6.45) is 5.48. The van der Waals surface area contributed by atoms with E-state index in [9.17, 15) is 4.79 Å². The number of aromatic nitrogens is 2. The highest BCUT2D eigenvalue weighted by molar-refractivity contribution is 5.74. The van der Waals surface area contributed by atoms with E-state index in [-0.39, 0.29) is 12.1 Å². The van der Waals surface area contributed by atoms with E-state index in [4.69, 9.17) is 5.26 Å². The van der Waals surface area contributed by atoms with Gasteiger partial charge in [-0.15, -0.1) is 0 Å². The maximum Gasteiger partial charge on any atom is 0.315 e. The summed E-state index contributed by atoms with van der Waals surface area (Å²) in [7, 11) is 0. The van der Waals surface area contributed by atoms with Crippen LogP contribution in [0, 0.1) is 17.2 Å². The first-order valence-corrected chi connectivity index (χ1v) is 8.22. The Morgan fingerprint density at radius 1 is 1.48 bits per heavy atom. The van der Waals surface area contributed by atoms with Crippen molar-refractivity contribution in [2.45, 2.75) is 45.8 Å². The summed E-state index contributed by atoms with van der Waals surface area (Å²) in [5, 5.41) is 14.6. The van der Waals surface area contributed by atoms with Gasteiger partial charge in [0, 0.05) is 38.1 Å². The Morgan fingerprint density at radius 2 is 2.22 bits per heavy atom. The molecule has 1 aliphatic rings. The third-order valence-corrected chi connectivity index (χ3v) is 3.99. The van der Waals surface area contributed by atoms with Crippen LogP contribution in [0.5, 0.6) is 0 Å². The van der Waals surface area contributed by atoms with Gasteiger partial charge in [0.05, 0.1) is 19.2 Å². The normalized spacial score (nSPS) is 16.3. The van der Waals surface area contributed by atoms with Gasteiger partial charge in [0.1, 0.15) is 5.82 Å². The van der Waals surface area contributed by atoms with Crippen molar-refractivity contribution in [2.75, 3.05) is 19.6 Å². The number of piperidine rings is 1. The third kappa shape index (κ3) is 5.57. The first-order chi connectivity index (χ1) is 11.1. The van der Waals surface area contributed by atoms with E-state index < -0.39 is 0 Å². The fourth-order valence-corrected chi connectivity index (χ4v) is 2.80. The molecule has 2 amide bonds. The number of urea groups is 1. The van der Waals surface area contributed by atoms with Crippen LogP contribution < -0.4 is 10.6 Å². The van der Waals surface area contributed by atoms with E-state index in [1.807, 2.05) is 6.20 Å². The number of rotatable bonds is 6. The molecule has 7 heteroatoms. The van der Waals surface area contributed by atoms with E-state index in [1.54, 1.807) is 6.20 Å². The number of carbonyl (C=O) groups is 1. The van der Waals surface area contributed by atoms with Gasteiger partial charge in [-0.25, -0.2) is 9.78 Å². The Hall–Kier alpha value is -2.07. The predicted octanol–water partition coefficient (Wildman–Crippen LogP) is 1.33. The lowest BCUT2D eigenvalue weighted by atomic mass is 10.1. The molecule has 0 radical (unpaired) electrons. The van der Waals surface area contributed by atoms with Crippen LogP contribution >= 0.6 is 0 Å². The van der Waals surface area contributed by atoms with Crippen LogP contribution in [0.15, 0.2) is 12.4 Å². The summed E-state index contributed by atoms with van der Waals surface area (Å²) >= 11 is 0. The fraction of sp³-hybridized carbons (Fsp3) is 0.688. The monoisotopic (exact) mass is 318 g/mol. The molecule has 126 valence electrons. The van der Waals surface area contributed by atoms with Crippen molar-refractivity contribution in [3.63, 3.8) is 0 Å². The standard InChI is InChI=1S/C16H26N6O/c1-13(2)12-22-10-6-18-15(22)11-19-16(23)20-14-3-7-21(8-4-14)9-5-17/h6,10,13-14H,3-4,7-9,11-12H2,1-2H3,(H2,19,20,23). The van der Waals surface area contributed by atoms with E-state index in [0.29, 0.717) is 19.0 Å². The van der Waals surface area contributed by atoms with E-state index in [0.717, 1.165) is 38.3 Å². The topological polar surface area (TPSA) is 86.0 Å². The first-order valence-electron chi connectivity index (χ1n) is 8.22. The molecule has 23 heavy (non-hydrogen) atoms. The average Bonchev–Trinajstić information content (AvgIpc) is 2.94. The van der Waals surface area contributed by atoms with Gasteiger partial charge in [0.2, 0.25) is 0 Å². The van der Waals surface area contributed by atoms with Gasteiger partial charge in [0.25, 0.3) is 0 Å². The molecule has 2 N–H and O–H groups in total. The zero-order chi connectivity index (χ0) is 16.7. The molecule has 1 aliphatic heterocycles. The van der Waals surface area contributed by atoms with Crippen LogP contribution in [-0.2, 0) is 13.1 Å². The smallest absolute Gasteiger partial charge is 0.315 e. The molecule has 0 atom stereocenters. The van der Waals surface area contributed by atoms with Crippen molar-refractivity contribution in [1.82, 2.24) is 25.1 Å². The molecule has 1 saturated heterocycles. The summed E-state index contributed by atoms with van der Waals surface area (Å²) < 4.78 is 2.07. The highest BCUT2D eigenvalue weighted by Crippen LogP contribution is 2.09. The maximum absolute atomic E-state index is 12.0. The van der Waals surface area contributed by atoms with Gasteiger partial charge < -0.3 is 15.2 Å². The van der Waals surface area contributed by atoms with Gasteiger partial charge >= 0.3 is 6.03 Å². The third-order valence-electron chi connectivity index (χ3n) is 3.99. The van der Waals surface area contributed by atoms with Crippen molar-refractivity contribution < 1.29 is 4.79 Å². The number of hydrogen-bond donors (Lipinski definition) is 2. The highest BCUT2D eigenvalue weighted by atomic mass is 16.2. The van der Waals surface area contributed by atoms with Crippen LogP contribution in [0.1, 0.15) is 32.5 Å². The van der Waals surface area contributed by atoms with Gasteiger partial charge in [-0.3, -0.25) is 4.90 Å². The first kappa shape index (κ1) is 17.3. The van der Waals surface area contributed by atoms with Gasteiger partial charge in [-0.2, -0.15) is 5.26 Å². The summed E-state index contributed by atoms with van der Waals surface area (Å²) in [6.45, 7) is 7.83. The SMILES string of the molecule is CC(C)Cn1ccnc1CNC(=O)NC1CCN(CC#N)CC1. The van der Waals surface area contributed by atoms with Crippen LogP contribution in [0.2, 0.25) is 0 Å². The van der Waals surface area contributed by atoms with Gasteiger partial charge in [-0.05, 0) is 18.8 Å². The van der Waals surface area contributed by atoms with Crippen molar-refractivity contribution in [1.29, 1.82) is 5.26 Å². The quantitative estimate of drug-likeness (QED) is 0.775. The molecule has 0 saturated carbocycles. The molecule has 1 aromatic heterocycles. The molecule has 0 aromatic carbocycles. The second kappa shape index (κ2) is 8.53. The molecule has 2 rings (SSSR count). The van der Waals surface area contributed by atoms with Crippen LogP contribution in [0.25, 0.3) is 0 Å². The van der Waals surface area contributed by atoms with Gasteiger partial charge in [0.15, 0.2) is 0 Å². The zero-order valence-corrected chi connectivity index (χ0v) is 14.0. The molecule has 1 fully saturated rings. The van der Waals surface area contributed by atoms with E-state index in [1.165, 1.54) is 0 Å². The number of nitrogens with one attached hydrogen (secondary N) is 2. The number of likely N-dealkylation sites (tertiary alicyclic amines) is 1. The summed E-state index contributed by atoms with van der Waals surface area (Å²) in [5.41, 5.74) is 0. The molecule has 7 nitrogen and oxygen atoms in total. The Labute approximate surface area is 137 Å². The predicted molar refractivity (Wildman–Crippen MR) is 87.5 cm³/mol. The molecule has 1 aromatic rings. The Balaban J connectivity index is 1.72. The van der Waals surface area contributed by atoms with E-state index >= 15 is 0 Å². The van der Waals surface area contributed by atoms with E-state index in [2.05, 4.69) is 45.0 Å². The Morgan fingerprint density at radius 3 is 2.87 bits per heavy atom. The number of nitriles is 1. The van der Waals surface area contributed by atoms with Crippen molar-refractivity contribution in [2.24, 2.45) is 5.92 Å². The zero-order valence-electron chi connectivity index (χ0n) is 14.0. The average molecular weight is 318 g/mol. The number of carbonyl (C=O) groups excluding carboxylic acids is 1. The Bertz CT molecular complexity index is 539. The molecule has 0 bridgehead atoms. The number of amides is 2. The van der Waals surface area contributed by atoms with Crippen LogP contribution in [0.3, 0.4) is 0 Å². The van der Waals surface area contributed by atoms with Crippen LogP contribution in [0.4, 0.5) is 4.79 Å². The van der Waals surface area contributed by atoms with Crippen molar-refractivity contribution >= 4 is 6.03 Å². The van der Waals surface area contributed by atoms with Crippen LogP contribution in [-0.4, -0.2) is 46.2 Å². The maximum atomic E-state index is 12.0. The second-order valence-electron chi connectivity index (χ2n) is 6.43.